The van der Waals surface area contributed by atoms with E-state index in [4.69, 9.17) is 34.0 Å². The SMILES string of the molecule is NCCCCC(=O)Nc1c(Cl)cc(Cl)cc1C(=O)O. The lowest BCUT2D eigenvalue weighted by Gasteiger charge is -2.11. The van der Waals surface area contributed by atoms with Crippen molar-refractivity contribution in [3.63, 3.8) is 0 Å². The Bertz CT molecular complexity index is 492. The van der Waals surface area contributed by atoms with Gasteiger partial charge < -0.3 is 16.2 Å². The first-order valence-corrected chi connectivity index (χ1v) is 6.43. The number of hydrogen-bond acceptors (Lipinski definition) is 3. The van der Waals surface area contributed by atoms with Crippen LogP contribution in [0.15, 0.2) is 12.1 Å². The molecule has 104 valence electrons. The van der Waals surface area contributed by atoms with Gasteiger partial charge in [0.25, 0.3) is 0 Å². The van der Waals surface area contributed by atoms with Crippen molar-refractivity contribution in [1.82, 2.24) is 0 Å². The Hall–Kier alpha value is -1.30. The van der Waals surface area contributed by atoms with Gasteiger partial charge in [0.15, 0.2) is 0 Å². The quantitative estimate of drug-likeness (QED) is 0.705. The molecule has 0 aromatic heterocycles. The maximum Gasteiger partial charge on any atom is 0.337 e. The fourth-order valence-corrected chi connectivity index (χ4v) is 2.04. The lowest BCUT2D eigenvalue weighted by Crippen LogP contribution is -2.15. The van der Waals surface area contributed by atoms with Crippen LogP contribution in [0.4, 0.5) is 5.69 Å². The molecule has 4 N–H and O–H groups in total. The Morgan fingerprint density at radius 1 is 1.26 bits per heavy atom. The summed E-state index contributed by atoms with van der Waals surface area (Å²) in [5.41, 5.74) is 5.26. The van der Waals surface area contributed by atoms with Crippen LogP contribution >= 0.6 is 23.2 Å². The largest absolute Gasteiger partial charge is 0.478 e. The van der Waals surface area contributed by atoms with Gasteiger partial charge >= 0.3 is 5.97 Å². The predicted octanol–water partition coefficient (Wildman–Crippen LogP) is 2.76. The number of benzene rings is 1. The van der Waals surface area contributed by atoms with Crippen LogP contribution in [0.3, 0.4) is 0 Å². The second-order valence-corrected chi connectivity index (χ2v) is 4.75. The van der Waals surface area contributed by atoms with Crippen molar-refractivity contribution in [1.29, 1.82) is 0 Å². The van der Waals surface area contributed by atoms with Gasteiger partial charge in [-0.15, -0.1) is 0 Å². The Morgan fingerprint density at radius 3 is 2.53 bits per heavy atom. The summed E-state index contributed by atoms with van der Waals surface area (Å²) in [6.45, 7) is 0.509. The number of carboxylic acid groups (broad SMARTS) is 1. The number of rotatable bonds is 6. The highest BCUT2D eigenvalue weighted by atomic mass is 35.5. The number of hydrogen-bond donors (Lipinski definition) is 3. The van der Waals surface area contributed by atoms with Crippen molar-refractivity contribution in [2.75, 3.05) is 11.9 Å². The lowest BCUT2D eigenvalue weighted by molar-refractivity contribution is -0.116. The third kappa shape index (κ3) is 4.70. The molecule has 0 spiro atoms. The maximum atomic E-state index is 11.7. The third-order valence-electron chi connectivity index (χ3n) is 2.41. The summed E-state index contributed by atoms with van der Waals surface area (Å²) < 4.78 is 0. The monoisotopic (exact) mass is 304 g/mol. The first-order valence-electron chi connectivity index (χ1n) is 5.68. The summed E-state index contributed by atoms with van der Waals surface area (Å²) in [5, 5.41) is 11.8. The van der Waals surface area contributed by atoms with E-state index in [1.165, 1.54) is 12.1 Å². The molecule has 5 nitrogen and oxygen atoms in total. The van der Waals surface area contributed by atoms with E-state index >= 15 is 0 Å². The molecular weight excluding hydrogens is 291 g/mol. The number of unbranched alkanes of at least 4 members (excludes halogenated alkanes) is 1. The fourth-order valence-electron chi connectivity index (χ4n) is 1.50. The van der Waals surface area contributed by atoms with E-state index < -0.39 is 5.97 Å². The molecule has 1 aromatic carbocycles. The van der Waals surface area contributed by atoms with Crippen molar-refractivity contribution in [2.45, 2.75) is 19.3 Å². The van der Waals surface area contributed by atoms with E-state index in [0.29, 0.717) is 13.0 Å². The molecule has 0 bridgehead atoms. The normalized spacial score (nSPS) is 10.3. The van der Waals surface area contributed by atoms with E-state index in [9.17, 15) is 9.59 Å². The van der Waals surface area contributed by atoms with Gasteiger partial charge in [0.2, 0.25) is 5.91 Å². The van der Waals surface area contributed by atoms with E-state index in [1.54, 1.807) is 0 Å². The minimum absolute atomic E-state index is 0.0660. The summed E-state index contributed by atoms with van der Waals surface area (Å²) in [4.78, 5) is 22.7. The van der Waals surface area contributed by atoms with Crippen LogP contribution in [0.2, 0.25) is 10.0 Å². The fraction of sp³-hybridized carbons (Fsp3) is 0.333. The van der Waals surface area contributed by atoms with Gasteiger partial charge in [-0.25, -0.2) is 4.79 Å². The number of amides is 1. The number of nitrogens with two attached hydrogens (primary N) is 1. The third-order valence-corrected chi connectivity index (χ3v) is 2.92. The number of carbonyl (C=O) groups excluding carboxylic acids is 1. The van der Waals surface area contributed by atoms with Gasteiger partial charge in [-0.3, -0.25) is 4.79 Å². The van der Waals surface area contributed by atoms with Gasteiger partial charge in [-0.2, -0.15) is 0 Å². The Balaban J connectivity index is 2.88. The molecule has 1 rings (SSSR count). The van der Waals surface area contributed by atoms with Crippen LogP contribution in [-0.2, 0) is 4.79 Å². The zero-order valence-electron chi connectivity index (χ0n) is 10.1. The molecule has 0 aliphatic carbocycles. The number of anilines is 1. The lowest BCUT2D eigenvalue weighted by atomic mass is 10.1. The van der Waals surface area contributed by atoms with Gasteiger partial charge in [0.05, 0.1) is 16.3 Å². The number of nitrogens with one attached hydrogen (secondary N) is 1. The molecule has 1 aromatic rings. The Kier molecular flexibility index (Phi) is 6.08. The molecule has 19 heavy (non-hydrogen) atoms. The Morgan fingerprint density at radius 2 is 1.95 bits per heavy atom. The molecule has 0 unspecified atom stereocenters. The maximum absolute atomic E-state index is 11.7. The second-order valence-electron chi connectivity index (χ2n) is 3.91. The van der Waals surface area contributed by atoms with Gasteiger partial charge in [0.1, 0.15) is 0 Å². The smallest absolute Gasteiger partial charge is 0.337 e. The molecule has 0 atom stereocenters. The second kappa shape index (κ2) is 7.33. The molecule has 0 radical (unpaired) electrons. The Labute approximate surface area is 120 Å². The average Bonchev–Trinajstić information content (AvgIpc) is 2.32. The number of carboxylic acids is 1. The van der Waals surface area contributed by atoms with Crippen LogP contribution < -0.4 is 11.1 Å². The van der Waals surface area contributed by atoms with Gasteiger partial charge in [0, 0.05) is 11.4 Å². The molecular formula is C12H14Cl2N2O3. The van der Waals surface area contributed by atoms with E-state index in [-0.39, 0.29) is 33.6 Å². The van der Waals surface area contributed by atoms with E-state index in [1.807, 2.05) is 0 Å². The minimum atomic E-state index is -1.21. The zero-order chi connectivity index (χ0) is 14.4. The van der Waals surface area contributed by atoms with Crippen LogP contribution in [0, 0.1) is 0 Å². The number of halogens is 2. The highest BCUT2D eigenvalue weighted by Crippen LogP contribution is 2.30. The van der Waals surface area contributed by atoms with Gasteiger partial charge in [-0.1, -0.05) is 23.2 Å². The van der Waals surface area contributed by atoms with Crippen molar-refractivity contribution in [2.24, 2.45) is 5.73 Å². The molecule has 1 amide bonds. The highest BCUT2D eigenvalue weighted by Gasteiger charge is 2.17. The number of aromatic carboxylic acids is 1. The minimum Gasteiger partial charge on any atom is -0.478 e. The van der Waals surface area contributed by atoms with Crippen molar-refractivity contribution >= 4 is 40.8 Å². The summed E-state index contributed by atoms with van der Waals surface area (Å²) in [7, 11) is 0. The first kappa shape index (κ1) is 15.8. The number of carbonyl (C=O) groups is 2. The van der Waals surface area contributed by atoms with Crippen molar-refractivity contribution in [3.8, 4) is 0 Å². The van der Waals surface area contributed by atoms with Crippen LogP contribution in [0.5, 0.6) is 0 Å². The summed E-state index contributed by atoms with van der Waals surface area (Å²) >= 11 is 11.6. The highest BCUT2D eigenvalue weighted by molar-refractivity contribution is 6.37. The summed E-state index contributed by atoms with van der Waals surface area (Å²) in [5.74, 6) is -1.51. The predicted molar refractivity (Wildman–Crippen MR) is 75.0 cm³/mol. The van der Waals surface area contributed by atoms with Crippen LogP contribution in [-0.4, -0.2) is 23.5 Å². The van der Waals surface area contributed by atoms with Crippen LogP contribution in [0.1, 0.15) is 29.6 Å². The van der Waals surface area contributed by atoms with Crippen LogP contribution in [0.25, 0.3) is 0 Å². The zero-order valence-corrected chi connectivity index (χ0v) is 11.6. The van der Waals surface area contributed by atoms with Crippen molar-refractivity contribution < 1.29 is 14.7 Å². The molecule has 0 saturated carbocycles. The van der Waals surface area contributed by atoms with Gasteiger partial charge in [-0.05, 0) is 31.5 Å². The molecule has 0 aliphatic rings. The standard InChI is InChI=1S/C12H14Cl2N2O3/c13-7-5-8(12(18)19)11(9(14)6-7)16-10(17)3-1-2-4-15/h5-6H,1-4,15H2,(H,16,17)(H,18,19). The molecule has 7 heteroatoms. The average molecular weight is 305 g/mol. The van der Waals surface area contributed by atoms with E-state index in [2.05, 4.69) is 5.32 Å². The van der Waals surface area contributed by atoms with Crippen molar-refractivity contribution in [3.05, 3.63) is 27.7 Å². The molecule has 0 saturated heterocycles. The van der Waals surface area contributed by atoms with E-state index in [0.717, 1.165) is 6.42 Å². The topological polar surface area (TPSA) is 92.4 Å². The summed E-state index contributed by atoms with van der Waals surface area (Å²) in [6, 6.07) is 2.62. The molecule has 0 aliphatic heterocycles. The summed E-state index contributed by atoms with van der Waals surface area (Å²) in [6.07, 6.45) is 1.62. The molecule has 0 heterocycles. The molecule has 0 fully saturated rings. The first-order chi connectivity index (χ1) is 8.95.